The number of rotatable bonds is 7. The normalized spacial score (nSPS) is 12.3. The van der Waals surface area contributed by atoms with Crippen LogP contribution < -0.4 is 10.1 Å². The molecule has 1 aromatic heterocycles. The van der Waals surface area contributed by atoms with E-state index >= 15 is 0 Å². The van der Waals surface area contributed by atoms with E-state index in [-0.39, 0.29) is 6.04 Å². The van der Waals surface area contributed by atoms with E-state index in [1.54, 1.807) is 11.3 Å². The minimum absolute atomic E-state index is 0.112. The number of hydrogen-bond acceptors (Lipinski definition) is 4. The van der Waals surface area contributed by atoms with E-state index in [1.165, 1.54) is 11.1 Å². The molecule has 0 amide bonds. The molecule has 0 saturated heterocycles. The van der Waals surface area contributed by atoms with Gasteiger partial charge in [0.15, 0.2) is 0 Å². The van der Waals surface area contributed by atoms with Crippen molar-refractivity contribution in [3.8, 4) is 5.75 Å². The van der Waals surface area contributed by atoms with Gasteiger partial charge in [-0.2, -0.15) is 0 Å². The van der Waals surface area contributed by atoms with Gasteiger partial charge in [0.1, 0.15) is 17.4 Å². The van der Waals surface area contributed by atoms with Gasteiger partial charge in [-0.1, -0.05) is 56.3 Å². The zero-order valence-corrected chi connectivity index (χ0v) is 15.7. The van der Waals surface area contributed by atoms with E-state index in [9.17, 15) is 0 Å². The minimum Gasteiger partial charge on any atom is -0.489 e. The van der Waals surface area contributed by atoms with Gasteiger partial charge >= 0.3 is 0 Å². The summed E-state index contributed by atoms with van der Waals surface area (Å²) in [7, 11) is 1.97. The van der Waals surface area contributed by atoms with Crippen LogP contribution in [0.4, 0.5) is 0 Å². The van der Waals surface area contributed by atoms with Crippen LogP contribution in [0.3, 0.4) is 0 Å². The molecule has 1 N–H and O–H groups in total. The first-order chi connectivity index (χ1) is 12.2. The smallest absolute Gasteiger partial charge is 0.119 e. The molecular formula is C21H24N2OS. The molecule has 25 heavy (non-hydrogen) atoms. The summed E-state index contributed by atoms with van der Waals surface area (Å²) < 4.78 is 5.87. The van der Waals surface area contributed by atoms with Crippen LogP contribution in [0.5, 0.6) is 5.75 Å². The summed E-state index contributed by atoms with van der Waals surface area (Å²) in [6.45, 7) is 4.93. The van der Waals surface area contributed by atoms with Gasteiger partial charge in [0.2, 0.25) is 0 Å². The van der Waals surface area contributed by atoms with Gasteiger partial charge in [0, 0.05) is 5.38 Å². The lowest BCUT2D eigenvalue weighted by Crippen LogP contribution is -2.17. The molecule has 0 aliphatic rings. The van der Waals surface area contributed by atoms with Crippen LogP contribution in [0.15, 0.2) is 60.0 Å². The van der Waals surface area contributed by atoms with Gasteiger partial charge in [-0.25, -0.2) is 4.98 Å². The molecule has 0 bridgehead atoms. The third kappa shape index (κ3) is 4.47. The van der Waals surface area contributed by atoms with Crippen molar-refractivity contribution >= 4 is 11.3 Å². The first kappa shape index (κ1) is 17.6. The van der Waals surface area contributed by atoms with Crippen molar-refractivity contribution in [1.29, 1.82) is 0 Å². The standard InChI is InChI=1S/C21H24N2OS/c1-15(2)19-14-25-21(23-19)20(22-3)17-9-11-18(12-10-17)24-13-16-7-5-4-6-8-16/h4-12,14-15,20,22H,13H2,1-3H3. The number of thiazole rings is 1. The fourth-order valence-electron chi connectivity index (χ4n) is 2.63. The quantitative estimate of drug-likeness (QED) is 0.638. The lowest BCUT2D eigenvalue weighted by molar-refractivity contribution is 0.306. The van der Waals surface area contributed by atoms with Crippen molar-refractivity contribution in [1.82, 2.24) is 10.3 Å². The van der Waals surface area contributed by atoms with Gasteiger partial charge in [-0.15, -0.1) is 11.3 Å². The van der Waals surface area contributed by atoms with Crippen LogP contribution >= 0.6 is 11.3 Å². The van der Waals surface area contributed by atoms with Crippen LogP contribution in [0, 0.1) is 0 Å². The maximum atomic E-state index is 5.87. The molecule has 4 heteroatoms. The summed E-state index contributed by atoms with van der Waals surface area (Å²) in [5.41, 5.74) is 3.52. The van der Waals surface area contributed by atoms with Crippen molar-refractivity contribution in [2.45, 2.75) is 32.4 Å². The number of aromatic nitrogens is 1. The Hall–Kier alpha value is -2.17. The van der Waals surface area contributed by atoms with E-state index < -0.39 is 0 Å². The molecule has 0 saturated carbocycles. The summed E-state index contributed by atoms with van der Waals surface area (Å²) in [6.07, 6.45) is 0. The summed E-state index contributed by atoms with van der Waals surface area (Å²) in [5, 5.41) is 6.63. The second-order valence-electron chi connectivity index (χ2n) is 6.33. The molecule has 0 radical (unpaired) electrons. The lowest BCUT2D eigenvalue weighted by atomic mass is 10.1. The summed E-state index contributed by atoms with van der Waals surface area (Å²) in [6, 6.07) is 18.6. The summed E-state index contributed by atoms with van der Waals surface area (Å²) in [5.74, 6) is 1.33. The number of benzene rings is 2. The number of hydrogen-bond donors (Lipinski definition) is 1. The number of ether oxygens (including phenoxy) is 1. The molecule has 3 rings (SSSR count). The molecule has 0 spiro atoms. The highest BCUT2D eigenvalue weighted by Crippen LogP contribution is 2.28. The Morgan fingerprint density at radius 1 is 1.04 bits per heavy atom. The molecule has 3 aromatic rings. The Morgan fingerprint density at radius 3 is 2.36 bits per heavy atom. The minimum atomic E-state index is 0.112. The highest BCUT2D eigenvalue weighted by molar-refractivity contribution is 7.09. The molecule has 1 unspecified atom stereocenters. The summed E-state index contributed by atoms with van der Waals surface area (Å²) >= 11 is 1.71. The Kier molecular flexibility index (Phi) is 5.84. The van der Waals surface area contributed by atoms with Crippen LogP contribution in [0.2, 0.25) is 0 Å². The van der Waals surface area contributed by atoms with Crippen LogP contribution in [0.1, 0.15) is 47.6 Å². The second-order valence-corrected chi connectivity index (χ2v) is 7.22. The van der Waals surface area contributed by atoms with E-state index in [0.29, 0.717) is 12.5 Å². The molecule has 2 aromatic carbocycles. The van der Waals surface area contributed by atoms with Gasteiger partial charge in [0.25, 0.3) is 0 Å². The second kappa shape index (κ2) is 8.28. The van der Waals surface area contributed by atoms with E-state index in [0.717, 1.165) is 16.5 Å². The van der Waals surface area contributed by atoms with Crippen molar-refractivity contribution < 1.29 is 4.74 Å². The topological polar surface area (TPSA) is 34.1 Å². The average Bonchev–Trinajstić information content (AvgIpc) is 3.13. The van der Waals surface area contributed by atoms with Gasteiger partial charge in [-0.3, -0.25) is 0 Å². The molecule has 1 heterocycles. The van der Waals surface area contributed by atoms with E-state index in [1.807, 2.05) is 37.4 Å². The van der Waals surface area contributed by atoms with Crippen molar-refractivity contribution in [3.63, 3.8) is 0 Å². The maximum Gasteiger partial charge on any atom is 0.119 e. The molecule has 0 aliphatic carbocycles. The van der Waals surface area contributed by atoms with Gasteiger partial charge in [0.05, 0.1) is 11.7 Å². The average molecular weight is 353 g/mol. The largest absolute Gasteiger partial charge is 0.489 e. The Morgan fingerprint density at radius 2 is 1.76 bits per heavy atom. The van der Waals surface area contributed by atoms with Crippen molar-refractivity contribution in [2.24, 2.45) is 0 Å². The SMILES string of the molecule is CNC(c1ccc(OCc2ccccc2)cc1)c1nc(C(C)C)cs1. The van der Waals surface area contributed by atoms with Crippen molar-refractivity contribution in [3.05, 3.63) is 81.8 Å². The fourth-order valence-corrected chi connectivity index (χ4v) is 3.74. The van der Waals surface area contributed by atoms with Crippen LogP contribution in [0.25, 0.3) is 0 Å². The monoisotopic (exact) mass is 352 g/mol. The third-order valence-corrected chi connectivity index (χ3v) is 5.06. The summed E-state index contributed by atoms with van der Waals surface area (Å²) in [4.78, 5) is 4.78. The Balaban J connectivity index is 1.69. The fraction of sp³-hybridized carbons (Fsp3) is 0.286. The van der Waals surface area contributed by atoms with Crippen LogP contribution in [-0.4, -0.2) is 12.0 Å². The molecule has 3 nitrogen and oxygen atoms in total. The number of nitrogens with one attached hydrogen (secondary N) is 1. The van der Waals surface area contributed by atoms with Gasteiger partial charge in [-0.05, 0) is 36.2 Å². The number of nitrogens with zero attached hydrogens (tertiary/aromatic N) is 1. The zero-order valence-electron chi connectivity index (χ0n) is 14.9. The lowest BCUT2D eigenvalue weighted by Gasteiger charge is -2.15. The molecular weight excluding hydrogens is 328 g/mol. The molecule has 0 aliphatic heterocycles. The molecule has 130 valence electrons. The first-order valence-electron chi connectivity index (χ1n) is 8.56. The van der Waals surface area contributed by atoms with Crippen molar-refractivity contribution in [2.75, 3.05) is 7.05 Å². The highest BCUT2D eigenvalue weighted by atomic mass is 32.1. The Bertz CT molecular complexity index is 781. The molecule has 0 fully saturated rings. The van der Waals surface area contributed by atoms with Crippen LogP contribution in [-0.2, 0) is 6.61 Å². The maximum absolute atomic E-state index is 5.87. The highest BCUT2D eigenvalue weighted by Gasteiger charge is 2.17. The Labute approximate surface area is 153 Å². The molecule has 1 atom stereocenters. The third-order valence-electron chi connectivity index (χ3n) is 4.13. The van der Waals surface area contributed by atoms with E-state index in [2.05, 4.69) is 48.8 Å². The van der Waals surface area contributed by atoms with E-state index in [4.69, 9.17) is 9.72 Å². The predicted molar refractivity (Wildman–Crippen MR) is 104 cm³/mol. The van der Waals surface area contributed by atoms with Gasteiger partial charge < -0.3 is 10.1 Å². The first-order valence-corrected chi connectivity index (χ1v) is 9.44. The zero-order chi connectivity index (χ0) is 17.6. The predicted octanol–water partition coefficient (Wildman–Crippen LogP) is 5.15.